The lowest BCUT2D eigenvalue weighted by atomic mass is 10.1. The molecule has 4 atom stereocenters. The molecule has 0 aromatic carbocycles. The van der Waals surface area contributed by atoms with Crippen LogP contribution in [-0.2, 0) is 4.79 Å². The van der Waals surface area contributed by atoms with E-state index >= 15 is 0 Å². The zero-order valence-corrected chi connectivity index (χ0v) is 13.0. The molecule has 0 bridgehead atoms. The maximum atomic E-state index is 12.2. The number of carbonyl (C=O) groups is 1. The molecular weight excluding hydrogens is 284 g/mol. The van der Waals surface area contributed by atoms with Gasteiger partial charge in [0.15, 0.2) is 0 Å². The van der Waals surface area contributed by atoms with Gasteiger partial charge in [-0.25, -0.2) is 0 Å². The Balaban J connectivity index is 1.25. The first kappa shape index (κ1) is 12.8. The molecule has 4 unspecified atom stereocenters. The normalized spacial score (nSPS) is 31.2. The highest BCUT2D eigenvalue weighted by molar-refractivity contribution is 7.10. The minimum atomic E-state index is 0.498. The van der Waals surface area contributed by atoms with Crippen LogP contribution in [0.15, 0.2) is 35.0 Å². The Kier molecular flexibility index (Phi) is 3.27. The lowest BCUT2D eigenvalue weighted by Gasteiger charge is -2.00. The van der Waals surface area contributed by atoms with E-state index in [1.807, 2.05) is 22.7 Å². The van der Waals surface area contributed by atoms with Crippen molar-refractivity contribution in [3.63, 3.8) is 0 Å². The summed E-state index contributed by atoms with van der Waals surface area (Å²) < 4.78 is 0. The van der Waals surface area contributed by atoms with Gasteiger partial charge >= 0.3 is 0 Å². The number of ketones is 1. The highest BCUT2D eigenvalue weighted by Crippen LogP contribution is 2.54. The minimum absolute atomic E-state index is 0.498. The Hall–Kier alpha value is -0.930. The molecule has 2 saturated carbocycles. The third-order valence-corrected chi connectivity index (χ3v) is 6.65. The van der Waals surface area contributed by atoms with Crippen molar-refractivity contribution in [2.75, 3.05) is 0 Å². The van der Waals surface area contributed by atoms with E-state index in [9.17, 15) is 4.79 Å². The van der Waals surface area contributed by atoms with E-state index in [2.05, 4.69) is 35.0 Å². The van der Waals surface area contributed by atoms with Crippen LogP contribution in [0.1, 0.15) is 47.3 Å². The Morgan fingerprint density at radius 3 is 1.85 bits per heavy atom. The van der Waals surface area contributed by atoms with Crippen LogP contribution in [0, 0.1) is 11.8 Å². The summed E-state index contributed by atoms with van der Waals surface area (Å²) in [6.45, 7) is 0. The molecule has 20 heavy (non-hydrogen) atoms. The van der Waals surface area contributed by atoms with E-state index in [0.717, 1.165) is 12.8 Å². The van der Waals surface area contributed by atoms with Gasteiger partial charge < -0.3 is 0 Å². The molecule has 0 saturated heterocycles. The summed E-state index contributed by atoms with van der Waals surface area (Å²) in [4.78, 5) is 15.1. The zero-order chi connectivity index (χ0) is 13.5. The molecule has 2 heterocycles. The number of rotatable bonds is 6. The van der Waals surface area contributed by atoms with Crippen LogP contribution >= 0.6 is 22.7 Å². The summed E-state index contributed by atoms with van der Waals surface area (Å²) in [5.74, 6) is 3.15. The highest BCUT2D eigenvalue weighted by atomic mass is 32.1. The van der Waals surface area contributed by atoms with Gasteiger partial charge in [0, 0.05) is 22.6 Å². The topological polar surface area (TPSA) is 17.1 Å². The predicted molar refractivity (Wildman–Crippen MR) is 84.6 cm³/mol. The molecule has 0 amide bonds. The average Bonchev–Trinajstić information content (AvgIpc) is 3.22. The molecule has 2 aliphatic carbocycles. The molecule has 0 radical (unpaired) electrons. The molecule has 4 rings (SSSR count). The Morgan fingerprint density at radius 2 is 1.45 bits per heavy atom. The third-order valence-electron chi connectivity index (χ3n) is 4.64. The predicted octanol–water partition coefficient (Wildman–Crippen LogP) is 5.07. The van der Waals surface area contributed by atoms with Crippen LogP contribution < -0.4 is 0 Å². The second-order valence-electron chi connectivity index (χ2n) is 6.18. The van der Waals surface area contributed by atoms with Crippen LogP contribution in [0.4, 0.5) is 0 Å². The van der Waals surface area contributed by atoms with Crippen LogP contribution in [0.3, 0.4) is 0 Å². The standard InChI is InChI=1S/C17H18OS2/c18-13(7-11-9-14(11)16-3-1-5-19-16)8-12-10-15(12)17-4-2-6-20-17/h1-6,11-12,14-15H,7-10H2. The number of hydrogen-bond donors (Lipinski definition) is 0. The molecule has 104 valence electrons. The molecular formula is C17H18OS2. The van der Waals surface area contributed by atoms with Gasteiger partial charge in [-0.15, -0.1) is 22.7 Å². The lowest BCUT2D eigenvalue weighted by molar-refractivity contribution is -0.119. The largest absolute Gasteiger partial charge is 0.300 e. The first-order chi connectivity index (χ1) is 9.81. The Morgan fingerprint density at radius 1 is 0.950 bits per heavy atom. The number of thiophene rings is 2. The van der Waals surface area contributed by atoms with Crippen LogP contribution in [0.25, 0.3) is 0 Å². The molecule has 1 nitrogen and oxygen atoms in total. The quantitative estimate of drug-likeness (QED) is 0.728. The summed E-state index contributed by atoms with van der Waals surface area (Å²) in [7, 11) is 0. The second-order valence-corrected chi connectivity index (χ2v) is 8.14. The Labute approximate surface area is 127 Å². The van der Waals surface area contributed by atoms with Gasteiger partial charge in [-0.2, -0.15) is 0 Å². The van der Waals surface area contributed by atoms with Crippen molar-refractivity contribution in [3.8, 4) is 0 Å². The van der Waals surface area contributed by atoms with Crippen molar-refractivity contribution < 1.29 is 4.79 Å². The van der Waals surface area contributed by atoms with Crippen LogP contribution in [0.5, 0.6) is 0 Å². The van der Waals surface area contributed by atoms with Crippen molar-refractivity contribution in [1.29, 1.82) is 0 Å². The van der Waals surface area contributed by atoms with Gasteiger partial charge in [0.05, 0.1) is 0 Å². The molecule has 0 aliphatic heterocycles. The van der Waals surface area contributed by atoms with Gasteiger partial charge in [0.25, 0.3) is 0 Å². The third kappa shape index (κ3) is 2.61. The van der Waals surface area contributed by atoms with Crippen molar-refractivity contribution in [1.82, 2.24) is 0 Å². The average molecular weight is 302 g/mol. The first-order valence-electron chi connectivity index (χ1n) is 7.40. The molecule has 2 aliphatic rings. The van der Waals surface area contributed by atoms with Gasteiger partial charge in [0.1, 0.15) is 5.78 Å². The summed E-state index contributed by atoms with van der Waals surface area (Å²) in [6, 6.07) is 8.67. The monoisotopic (exact) mass is 302 g/mol. The van der Waals surface area contributed by atoms with E-state index < -0.39 is 0 Å². The van der Waals surface area contributed by atoms with E-state index in [1.54, 1.807) is 0 Å². The minimum Gasteiger partial charge on any atom is -0.300 e. The molecule has 3 heteroatoms. The number of carbonyl (C=O) groups excluding carboxylic acids is 1. The molecule has 2 fully saturated rings. The van der Waals surface area contributed by atoms with E-state index in [1.165, 1.54) is 22.6 Å². The first-order valence-corrected chi connectivity index (χ1v) is 9.15. The summed E-state index contributed by atoms with van der Waals surface area (Å²) in [5.41, 5.74) is 0. The molecule has 2 aromatic heterocycles. The van der Waals surface area contributed by atoms with E-state index in [4.69, 9.17) is 0 Å². The maximum Gasteiger partial charge on any atom is 0.133 e. The second kappa shape index (κ2) is 5.12. The molecule has 0 spiro atoms. The number of Topliss-reactive ketones (excluding diaryl/α,β-unsaturated/α-hetero) is 1. The van der Waals surface area contributed by atoms with Crippen LogP contribution in [-0.4, -0.2) is 5.78 Å². The summed E-state index contributed by atoms with van der Waals surface area (Å²) >= 11 is 3.68. The van der Waals surface area contributed by atoms with Gasteiger partial charge in [-0.1, -0.05) is 12.1 Å². The van der Waals surface area contributed by atoms with Gasteiger partial charge in [-0.05, 0) is 59.4 Å². The fourth-order valence-corrected chi connectivity index (χ4v) is 5.19. The van der Waals surface area contributed by atoms with E-state index in [-0.39, 0.29) is 0 Å². The van der Waals surface area contributed by atoms with Gasteiger partial charge in [-0.3, -0.25) is 4.79 Å². The smallest absolute Gasteiger partial charge is 0.133 e. The zero-order valence-electron chi connectivity index (χ0n) is 11.3. The molecule has 0 N–H and O–H groups in total. The number of hydrogen-bond acceptors (Lipinski definition) is 3. The van der Waals surface area contributed by atoms with Crippen molar-refractivity contribution in [2.24, 2.45) is 11.8 Å². The fourth-order valence-electron chi connectivity index (χ4n) is 3.32. The van der Waals surface area contributed by atoms with Gasteiger partial charge in [0.2, 0.25) is 0 Å². The summed E-state index contributed by atoms with van der Waals surface area (Å²) in [6.07, 6.45) is 4.09. The summed E-state index contributed by atoms with van der Waals surface area (Å²) in [5, 5.41) is 4.28. The fraction of sp³-hybridized carbons (Fsp3) is 0.471. The molecule has 2 aromatic rings. The highest BCUT2D eigenvalue weighted by Gasteiger charge is 2.43. The van der Waals surface area contributed by atoms with Crippen molar-refractivity contribution in [3.05, 3.63) is 44.8 Å². The van der Waals surface area contributed by atoms with Crippen molar-refractivity contribution in [2.45, 2.75) is 37.5 Å². The maximum absolute atomic E-state index is 12.2. The lowest BCUT2D eigenvalue weighted by Crippen LogP contribution is -2.01. The van der Waals surface area contributed by atoms with Crippen LogP contribution in [0.2, 0.25) is 0 Å². The van der Waals surface area contributed by atoms with E-state index in [0.29, 0.717) is 29.5 Å². The Bertz CT molecular complexity index is 532. The van der Waals surface area contributed by atoms with Crippen molar-refractivity contribution >= 4 is 28.5 Å². The SMILES string of the molecule is O=C(CC1CC1c1cccs1)CC1CC1c1cccs1.